The van der Waals surface area contributed by atoms with Gasteiger partial charge in [-0.15, -0.1) is 11.8 Å². The van der Waals surface area contributed by atoms with Crippen LogP contribution in [-0.4, -0.2) is 17.8 Å². The van der Waals surface area contributed by atoms with Crippen molar-refractivity contribution in [2.75, 3.05) is 11.5 Å². The minimum atomic E-state index is -0.556. The number of nitrogens with two attached hydrogens (primary N) is 1. The highest BCUT2D eigenvalue weighted by Crippen LogP contribution is 2.31. The number of anilines is 1. The topological polar surface area (TPSA) is 52.3 Å². The van der Waals surface area contributed by atoms with Gasteiger partial charge in [0.05, 0.1) is 16.5 Å². The highest BCUT2D eigenvalue weighted by molar-refractivity contribution is 8.00. The maximum absolute atomic E-state index is 13.0. The van der Waals surface area contributed by atoms with Crippen molar-refractivity contribution in [3.8, 4) is 0 Å². The average molecular weight is 276 g/mol. The number of ether oxygens (including phenoxy) is 1. The molecule has 1 aromatic carbocycles. The molecule has 0 aliphatic heterocycles. The average Bonchev–Trinajstić information content (AvgIpc) is 3.05. The number of benzene rings is 1. The summed E-state index contributed by atoms with van der Waals surface area (Å²) in [6, 6.07) is 2.57. The molecule has 1 aromatic rings. The Morgan fingerprint density at radius 1 is 1.59 bits per heavy atom. The molecule has 1 aliphatic carbocycles. The second kappa shape index (κ2) is 5.14. The van der Waals surface area contributed by atoms with Crippen molar-refractivity contribution in [1.29, 1.82) is 0 Å². The molecule has 1 saturated carbocycles. The molecule has 0 aromatic heterocycles. The molecule has 0 atom stereocenters. The van der Waals surface area contributed by atoms with E-state index in [1.165, 1.54) is 17.8 Å². The minimum absolute atomic E-state index is 0.0208. The third kappa shape index (κ3) is 3.51. The molecule has 0 heterocycles. The van der Waals surface area contributed by atoms with Crippen LogP contribution in [0.5, 0.6) is 0 Å². The Hall–Kier alpha value is -0.940. The predicted molar refractivity (Wildman–Crippen MR) is 65.7 cm³/mol. The first-order valence-corrected chi connectivity index (χ1v) is 6.49. The molecule has 6 heteroatoms. The maximum atomic E-state index is 13.0. The Kier molecular flexibility index (Phi) is 3.79. The Labute approximate surface area is 107 Å². The first-order valence-electron chi connectivity index (χ1n) is 5.13. The molecule has 0 bridgehead atoms. The maximum Gasteiger partial charge on any atom is 0.316 e. The van der Waals surface area contributed by atoms with Crippen LogP contribution in [0.4, 0.5) is 10.1 Å². The number of carbonyl (C=O) groups is 1. The number of thioether (sulfide) groups is 1. The molecular weight excluding hydrogens is 265 g/mol. The molecule has 92 valence electrons. The summed E-state index contributed by atoms with van der Waals surface area (Å²) in [5.74, 6) is -0.683. The summed E-state index contributed by atoms with van der Waals surface area (Å²) in [6.45, 7) is 0. The third-order valence-electron chi connectivity index (χ3n) is 2.22. The fourth-order valence-corrected chi connectivity index (χ4v) is 2.26. The monoisotopic (exact) mass is 275 g/mol. The van der Waals surface area contributed by atoms with Gasteiger partial charge in [0.15, 0.2) is 0 Å². The molecule has 3 nitrogen and oxygen atoms in total. The lowest BCUT2D eigenvalue weighted by atomic mass is 10.3. The highest BCUT2D eigenvalue weighted by Gasteiger charge is 2.25. The van der Waals surface area contributed by atoms with Crippen molar-refractivity contribution in [1.82, 2.24) is 0 Å². The van der Waals surface area contributed by atoms with E-state index in [0.717, 1.165) is 18.9 Å². The van der Waals surface area contributed by atoms with Gasteiger partial charge < -0.3 is 10.5 Å². The molecule has 2 N–H and O–H groups in total. The lowest BCUT2D eigenvalue weighted by molar-refractivity contribution is -0.141. The molecule has 0 saturated heterocycles. The minimum Gasteiger partial charge on any atom is -0.462 e. The number of hydrogen-bond acceptors (Lipinski definition) is 4. The van der Waals surface area contributed by atoms with Crippen molar-refractivity contribution in [3.05, 3.63) is 23.0 Å². The van der Waals surface area contributed by atoms with Gasteiger partial charge in [0.1, 0.15) is 11.9 Å². The van der Waals surface area contributed by atoms with Crippen LogP contribution in [0.25, 0.3) is 0 Å². The van der Waals surface area contributed by atoms with Gasteiger partial charge in [0.2, 0.25) is 0 Å². The zero-order valence-electron chi connectivity index (χ0n) is 8.91. The summed E-state index contributed by atoms with van der Waals surface area (Å²) in [5, 5.41) is 0.251. The summed E-state index contributed by atoms with van der Waals surface area (Å²) >= 11 is 7.03. The van der Waals surface area contributed by atoms with Gasteiger partial charge in [0.25, 0.3) is 0 Å². The number of esters is 1. The molecule has 0 radical (unpaired) electrons. The molecule has 17 heavy (non-hydrogen) atoms. The van der Waals surface area contributed by atoms with Gasteiger partial charge in [0, 0.05) is 4.90 Å². The number of hydrogen-bond donors (Lipinski definition) is 1. The van der Waals surface area contributed by atoms with Gasteiger partial charge in [-0.05, 0) is 25.0 Å². The Balaban J connectivity index is 1.93. The van der Waals surface area contributed by atoms with Crippen molar-refractivity contribution in [3.63, 3.8) is 0 Å². The van der Waals surface area contributed by atoms with Crippen molar-refractivity contribution in [2.45, 2.75) is 23.8 Å². The molecular formula is C11H11ClFNO2S. The number of nitrogen functional groups attached to an aromatic ring is 1. The van der Waals surface area contributed by atoms with Gasteiger partial charge in [-0.2, -0.15) is 0 Å². The van der Waals surface area contributed by atoms with Gasteiger partial charge in [-0.3, -0.25) is 4.79 Å². The van der Waals surface area contributed by atoms with Crippen LogP contribution < -0.4 is 5.73 Å². The lowest BCUT2D eigenvalue weighted by Gasteiger charge is -2.06. The molecule has 1 aliphatic rings. The summed E-state index contributed by atoms with van der Waals surface area (Å²) in [6.07, 6.45) is 1.98. The van der Waals surface area contributed by atoms with Crippen LogP contribution >= 0.6 is 23.4 Å². The Morgan fingerprint density at radius 2 is 2.29 bits per heavy atom. The third-order valence-corrected chi connectivity index (χ3v) is 3.67. The van der Waals surface area contributed by atoms with Gasteiger partial charge in [-0.25, -0.2) is 4.39 Å². The smallest absolute Gasteiger partial charge is 0.316 e. The molecule has 0 unspecified atom stereocenters. The summed E-state index contributed by atoms with van der Waals surface area (Å²) in [7, 11) is 0. The van der Waals surface area contributed by atoms with E-state index in [4.69, 9.17) is 22.1 Å². The van der Waals surface area contributed by atoms with E-state index in [2.05, 4.69) is 0 Å². The van der Waals surface area contributed by atoms with Crippen LogP contribution in [0.2, 0.25) is 5.02 Å². The zero-order chi connectivity index (χ0) is 12.4. The van der Waals surface area contributed by atoms with E-state index in [0.29, 0.717) is 4.90 Å². The van der Waals surface area contributed by atoms with Gasteiger partial charge in [-0.1, -0.05) is 11.6 Å². The van der Waals surface area contributed by atoms with Crippen LogP contribution in [0, 0.1) is 5.82 Å². The van der Waals surface area contributed by atoms with E-state index < -0.39 is 5.82 Å². The van der Waals surface area contributed by atoms with Crippen LogP contribution in [0.1, 0.15) is 12.8 Å². The standard InChI is InChI=1S/C11H11ClFNO2S/c12-7-3-8(13)9(14)4-10(7)17-5-11(15)16-6-1-2-6/h3-4,6H,1-2,5,14H2. The van der Waals surface area contributed by atoms with E-state index in [1.54, 1.807) is 0 Å². The Morgan fingerprint density at radius 3 is 2.94 bits per heavy atom. The second-order valence-electron chi connectivity index (χ2n) is 3.78. The molecule has 2 rings (SSSR count). The summed E-state index contributed by atoms with van der Waals surface area (Å²) in [4.78, 5) is 11.9. The quantitative estimate of drug-likeness (QED) is 0.521. The molecule has 0 spiro atoms. The SMILES string of the molecule is Nc1cc(SCC(=O)OC2CC2)c(Cl)cc1F. The second-order valence-corrected chi connectivity index (χ2v) is 5.21. The number of rotatable bonds is 4. The lowest BCUT2D eigenvalue weighted by Crippen LogP contribution is -2.08. The summed E-state index contributed by atoms with van der Waals surface area (Å²) in [5.41, 5.74) is 5.44. The highest BCUT2D eigenvalue weighted by atomic mass is 35.5. The number of halogens is 2. The van der Waals surface area contributed by atoms with Crippen molar-refractivity contribution >= 4 is 35.0 Å². The van der Waals surface area contributed by atoms with Crippen molar-refractivity contribution in [2.24, 2.45) is 0 Å². The van der Waals surface area contributed by atoms with E-state index in [-0.39, 0.29) is 28.5 Å². The van der Waals surface area contributed by atoms with Crippen molar-refractivity contribution < 1.29 is 13.9 Å². The number of carbonyl (C=O) groups excluding carboxylic acids is 1. The van der Waals surface area contributed by atoms with E-state index in [9.17, 15) is 9.18 Å². The van der Waals surface area contributed by atoms with E-state index in [1.807, 2.05) is 0 Å². The van der Waals surface area contributed by atoms with Crippen LogP contribution in [0.15, 0.2) is 17.0 Å². The largest absolute Gasteiger partial charge is 0.462 e. The summed E-state index contributed by atoms with van der Waals surface area (Å²) < 4.78 is 18.1. The van der Waals surface area contributed by atoms with Crippen LogP contribution in [0.3, 0.4) is 0 Å². The molecule has 0 amide bonds. The normalized spacial score (nSPS) is 14.7. The Bertz CT molecular complexity index is 451. The van der Waals surface area contributed by atoms with Gasteiger partial charge >= 0.3 is 5.97 Å². The fraction of sp³-hybridized carbons (Fsp3) is 0.364. The predicted octanol–water partition coefficient (Wildman–Crippen LogP) is 2.86. The zero-order valence-corrected chi connectivity index (χ0v) is 10.5. The van der Waals surface area contributed by atoms with E-state index >= 15 is 0 Å². The first kappa shape index (κ1) is 12.5. The van der Waals surface area contributed by atoms with Crippen LogP contribution in [-0.2, 0) is 9.53 Å². The molecule has 1 fully saturated rings. The fourth-order valence-electron chi connectivity index (χ4n) is 1.20. The first-order chi connectivity index (χ1) is 8.06.